The quantitative estimate of drug-likeness (QED) is 0.364. The number of nitro benzene ring substituents is 1. The number of hydrogen-bond acceptors (Lipinski definition) is 3. The number of benzene rings is 2. The number of nitro groups is 1. The van der Waals surface area contributed by atoms with E-state index in [-0.39, 0.29) is 11.5 Å². The molecule has 0 amide bonds. The first kappa shape index (κ1) is 14.1. The van der Waals surface area contributed by atoms with Crippen LogP contribution in [0.5, 0.6) is 0 Å². The van der Waals surface area contributed by atoms with Crippen LogP contribution in [-0.2, 0) is 0 Å². The zero-order valence-corrected chi connectivity index (χ0v) is 11.9. The van der Waals surface area contributed by atoms with Gasteiger partial charge in [0.2, 0.25) is 0 Å². The van der Waals surface area contributed by atoms with Crippen LogP contribution in [0.25, 0.3) is 6.08 Å². The van der Waals surface area contributed by atoms with Crippen molar-refractivity contribution in [3.8, 4) is 0 Å². The third kappa shape index (κ3) is 3.39. The SMILES string of the molecule is O=C(/C=C/c1ccc([N+](=O)[O-])cc1Br)c1ccccc1. The van der Waals surface area contributed by atoms with Crippen LogP contribution in [0.15, 0.2) is 59.1 Å². The minimum Gasteiger partial charge on any atom is -0.289 e. The number of halogens is 1. The fourth-order valence-electron chi connectivity index (χ4n) is 1.63. The first-order valence-electron chi connectivity index (χ1n) is 5.79. The number of nitrogens with zero attached hydrogens (tertiary/aromatic N) is 1. The molecule has 0 aliphatic carbocycles. The summed E-state index contributed by atoms with van der Waals surface area (Å²) in [5, 5.41) is 10.6. The molecule has 0 heterocycles. The van der Waals surface area contributed by atoms with Crippen LogP contribution < -0.4 is 0 Å². The Labute approximate surface area is 124 Å². The van der Waals surface area contributed by atoms with E-state index in [1.165, 1.54) is 18.2 Å². The van der Waals surface area contributed by atoms with Crippen LogP contribution in [0.1, 0.15) is 15.9 Å². The van der Waals surface area contributed by atoms with Crippen molar-refractivity contribution in [2.24, 2.45) is 0 Å². The largest absolute Gasteiger partial charge is 0.289 e. The number of rotatable bonds is 4. The summed E-state index contributed by atoms with van der Waals surface area (Å²) in [6.45, 7) is 0. The maximum absolute atomic E-state index is 11.9. The van der Waals surface area contributed by atoms with Crippen LogP contribution in [0.4, 0.5) is 5.69 Å². The molecular weight excluding hydrogens is 322 g/mol. The second-order valence-corrected chi connectivity index (χ2v) is 4.88. The molecule has 0 saturated carbocycles. The average Bonchev–Trinajstić information content (AvgIpc) is 2.46. The van der Waals surface area contributed by atoms with Crippen LogP contribution in [-0.4, -0.2) is 10.7 Å². The first-order chi connectivity index (χ1) is 9.58. The molecule has 0 aromatic heterocycles. The normalized spacial score (nSPS) is 10.7. The Hall–Kier alpha value is -2.27. The number of hydrogen-bond donors (Lipinski definition) is 0. The number of allylic oxidation sites excluding steroid dienone is 1. The van der Waals surface area contributed by atoms with Crippen molar-refractivity contribution in [3.05, 3.63) is 80.3 Å². The van der Waals surface area contributed by atoms with Crippen molar-refractivity contribution in [1.82, 2.24) is 0 Å². The number of carbonyl (C=O) groups excluding carboxylic acids is 1. The van der Waals surface area contributed by atoms with Gasteiger partial charge in [0.05, 0.1) is 4.92 Å². The lowest BCUT2D eigenvalue weighted by Crippen LogP contribution is -1.93. The van der Waals surface area contributed by atoms with Gasteiger partial charge in [-0.05, 0) is 39.7 Å². The van der Waals surface area contributed by atoms with E-state index in [0.717, 1.165) is 0 Å². The van der Waals surface area contributed by atoms with Crippen LogP contribution >= 0.6 is 15.9 Å². The molecule has 0 atom stereocenters. The fraction of sp³-hybridized carbons (Fsp3) is 0. The molecule has 0 unspecified atom stereocenters. The van der Waals surface area contributed by atoms with Gasteiger partial charge in [0.15, 0.2) is 5.78 Å². The minimum atomic E-state index is -0.465. The van der Waals surface area contributed by atoms with Gasteiger partial charge in [0, 0.05) is 22.2 Å². The smallest absolute Gasteiger partial charge is 0.270 e. The molecule has 0 spiro atoms. The molecule has 5 heteroatoms. The molecule has 2 aromatic carbocycles. The van der Waals surface area contributed by atoms with E-state index < -0.39 is 4.92 Å². The Morgan fingerprint density at radius 3 is 2.45 bits per heavy atom. The number of carbonyl (C=O) groups is 1. The zero-order chi connectivity index (χ0) is 14.5. The summed E-state index contributed by atoms with van der Waals surface area (Å²) >= 11 is 3.25. The molecule has 4 nitrogen and oxygen atoms in total. The van der Waals surface area contributed by atoms with Crippen LogP contribution in [0.2, 0.25) is 0 Å². The van der Waals surface area contributed by atoms with E-state index in [0.29, 0.717) is 15.6 Å². The second-order valence-electron chi connectivity index (χ2n) is 4.03. The van der Waals surface area contributed by atoms with Crippen molar-refractivity contribution < 1.29 is 9.72 Å². The van der Waals surface area contributed by atoms with Gasteiger partial charge in [-0.3, -0.25) is 14.9 Å². The molecular formula is C15H10BrNO3. The van der Waals surface area contributed by atoms with Gasteiger partial charge < -0.3 is 0 Å². The van der Waals surface area contributed by atoms with Gasteiger partial charge in [-0.15, -0.1) is 0 Å². The monoisotopic (exact) mass is 331 g/mol. The Bertz CT molecular complexity index is 681. The van der Waals surface area contributed by atoms with Crippen molar-refractivity contribution in [1.29, 1.82) is 0 Å². The summed E-state index contributed by atoms with van der Waals surface area (Å²) in [6, 6.07) is 13.3. The highest BCUT2D eigenvalue weighted by molar-refractivity contribution is 9.10. The second kappa shape index (κ2) is 6.25. The lowest BCUT2D eigenvalue weighted by atomic mass is 10.1. The highest BCUT2D eigenvalue weighted by Crippen LogP contribution is 2.24. The fourth-order valence-corrected chi connectivity index (χ4v) is 2.13. The lowest BCUT2D eigenvalue weighted by Gasteiger charge is -1.99. The maximum atomic E-state index is 11.9. The van der Waals surface area contributed by atoms with E-state index in [2.05, 4.69) is 15.9 Å². The highest BCUT2D eigenvalue weighted by Gasteiger charge is 2.08. The van der Waals surface area contributed by atoms with E-state index in [1.54, 1.807) is 36.4 Å². The Morgan fingerprint density at radius 2 is 1.85 bits per heavy atom. The van der Waals surface area contributed by atoms with Crippen LogP contribution in [0.3, 0.4) is 0 Å². The lowest BCUT2D eigenvalue weighted by molar-refractivity contribution is -0.384. The van der Waals surface area contributed by atoms with Gasteiger partial charge in [-0.2, -0.15) is 0 Å². The third-order valence-electron chi connectivity index (χ3n) is 2.67. The summed E-state index contributed by atoms with van der Waals surface area (Å²) in [5.74, 6) is -0.115. The summed E-state index contributed by atoms with van der Waals surface area (Å²) in [5.41, 5.74) is 1.31. The van der Waals surface area contributed by atoms with Gasteiger partial charge in [-0.25, -0.2) is 0 Å². The Morgan fingerprint density at radius 1 is 1.15 bits per heavy atom. The third-order valence-corrected chi connectivity index (χ3v) is 3.35. The predicted molar refractivity (Wildman–Crippen MR) is 80.6 cm³/mol. The van der Waals surface area contributed by atoms with Gasteiger partial charge in [0.1, 0.15) is 0 Å². The Kier molecular flexibility index (Phi) is 4.42. The molecule has 0 aliphatic rings. The van der Waals surface area contributed by atoms with E-state index >= 15 is 0 Å². The van der Waals surface area contributed by atoms with E-state index in [1.807, 2.05) is 6.07 Å². The predicted octanol–water partition coefficient (Wildman–Crippen LogP) is 4.25. The maximum Gasteiger partial charge on any atom is 0.270 e. The molecule has 0 saturated heterocycles. The van der Waals surface area contributed by atoms with E-state index in [9.17, 15) is 14.9 Å². The summed E-state index contributed by atoms with van der Waals surface area (Å²) in [6.07, 6.45) is 3.07. The molecule has 0 fully saturated rings. The average molecular weight is 332 g/mol. The van der Waals surface area contributed by atoms with Crippen molar-refractivity contribution in [3.63, 3.8) is 0 Å². The van der Waals surface area contributed by atoms with Crippen molar-refractivity contribution >= 4 is 33.5 Å². The summed E-state index contributed by atoms with van der Waals surface area (Å²) in [4.78, 5) is 22.1. The zero-order valence-electron chi connectivity index (χ0n) is 10.3. The number of ketones is 1. The topological polar surface area (TPSA) is 60.2 Å². The minimum absolute atomic E-state index is 0.00316. The summed E-state index contributed by atoms with van der Waals surface area (Å²) in [7, 11) is 0. The standard InChI is InChI=1S/C15H10BrNO3/c16-14-10-13(17(19)20)8-6-11(14)7-9-15(18)12-4-2-1-3-5-12/h1-10H/b9-7+. The molecule has 0 aliphatic heterocycles. The van der Waals surface area contributed by atoms with Crippen molar-refractivity contribution in [2.45, 2.75) is 0 Å². The van der Waals surface area contributed by atoms with Gasteiger partial charge in [0.25, 0.3) is 5.69 Å². The highest BCUT2D eigenvalue weighted by atomic mass is 79.9. The van der Waals surface area contributed by atoms with Crippen molar-refractivity contribution in [2.75, 3.05) is 0 Å². The molecule has 0 N–H and O–H groups in total. The molecule has 2 rings (SSSR count). The Balaban J connectivity index is 2.20. The number of non-ortho nitro benzene ring substituents is 1. The molecule has 0 bridgehead atoms. The molecule has 20 heavy (non-hydrogen) atoms. The summed E-state index contributed by atoms with van der Waals surface area (Å²) < 4.78 is 0.573. The van der Waals surface area contributed by atoms with Crippen LogP contribution in [0, 0.1) is 10.1 Å². The van der Waals surface area contributed by atoms with Gasteiger partial charge >= 0.3 is 0 Å². The first-order valence-corrected chi connectivity index (χ1v) is 6.58. The van der Waals surface area contributed by atoms with E-state index in [4.69, 9.17) is 0 Å². The molecule has 2 aromatic rings. The molecule has 0 radical (unpaired) electrons. The van der Waals surface area contributed by atoms with Gasteiger partial charge in [-0.1, -0.05) is 30.3 Å². The molecule has 100 valence electrons.